The molecule has 0 aliphatic rings. The van der Waals surface area contributed by atoms with Crippen molar-refractivity contribution in [1.82, 2.24) is 4.98 Å². The van der Waals surface area contributed by atoms with Gasteiger partial charge >= 0.3 is 5.97 Å². The molecule has 0 aliphatic carbocycles. The van der Waals surface area contributed by atoms with Crippen molar-refractivity contribution in [1.29, 1.82) is 0 Å². The number of carboxylic acid groups (broad SMARTS) is 1. The van der Waals surface area contributed by atoms with Gasteiger partial charge in [0.05, 0.1) is 13.3 Å². The van der Waals surface area contributed by atoms with E-state index in [1.165, 1.54) is 24.7 Å². The fourth-order valence-corrected chi connectivity index (χ4v) is 2.62. The molecule has 0 saturated carbocycles. The van der Waals surface area contributed by atoms with Crippen molar-refractivity contribution < 1.29 is 19.4 Å². The number of thiazole rings is 1. The second-order valence-corrected chi connectivity index (χ2v) is 5.93. The number of hydrazone groups is 1. The molecule has 0 atom stereocenters. The molecule has 0 saturated heterocycles. The third kappa shape index (κ3) is 4.83. The Morgan fingerprint density at radius 2 is 2.39 bits per heavy atom. The summed E-state index contributed by atoms with van der Waals surface area (Å²) in [6.45, 7) is -0.491. The highest BCUT2D eigenvalue weighted by atomic mass is 79.9. The van der Waals surface area contributed by atoms with Crippen LogP contribution in [0.4, 0.5) is 10.9 Å². The Balaban J connectivity index is 2.23. The van der Waals surface area contributed by atoms with Gasteiger partial charge in [-0.15, -0.1) is 11.3 Å². The monoisotopic (exact) mass is 400 g/mol. The van der Waals surface area contributed by atoms with Crippen LogP contribution in [0.25, 0.3) is 0 Å². The maximum atomic E-state index is 10.7. The molecule has 0 amide bonds. The van der Waals surface area contributed by atoms with E-state index < -0.39 is 12.6 Å². The first-order valence-corrected chi connectivity index (χ1v) is 7.89. The summed E-state index contributed by atoms with van der Waals surface area (Å²) in [5, 5.41) is 15.0. The minimum absolute atomic E-state index is 0.280. The predicted octanol–water partition coefficient (Wildman–Crippen LogP) is 2.41. The minimum Gasteiger partial charge on any atom is -0.493 e. The Kier molecular flexibility index (Phi) is 5.77. The number of aromatic nitrogens is 1. The summed E-state index contributed by atoms with van der Waals surface area (Å²) in [5.74, 6) is -0.0144. The van der Waals surface area contributed by atoms with E-state index in [2.05, 4.69) is 31.4 Å². The number of nitrogen functional groups attached to an aromatic ring is 1. The van der Waals surface area contributed by atoms with Crippen molar-refractivity contribution >= 4 is 50.4 Å². The number of aliphatic carboxylic acids is 1. The number of benzene rings is 1. The Morgan fingerprint density at radius 1 is 1.61 bits per heavy atom. The number of hydrogen-bond donors (Lipinski definition) is 3. The summed E-state index contributed by atoms with van der Waals surface area (Å²) in [6, 6.07) is 3.39. The van der Waals surface area contributed by atoms with Crippen LogP contribution in [0.1, 0.15) is 5.56 Å². The molecule has 4 N–H and O–H groups in total. The van der Waals surface area contributed by atoms with Crippen molar-refractivity contribution in [3.63, 3.8) is 0 Å². The predicted molar refractivity (Wildman–Crippen MR) is 91.6 cm³/mol. The average Bonchev–Trinajstić information content (AvgIpc) is 2.91. The van der Waals surface area contributed by atoms with Crippen LogP contribution in [-0.2, 0) is 4.79 Å². The summed E-state index contributed by atoms with van der Waals surface area (Å²) in [7, 11) is 1.47. The standard InChI is InChI=1S/C13H13BrN4O4S/c1-21-9-3-8(14)2-7(12(9)22-5-11(19)20)4-16-18-13-17-10(15)6-23-13/h2-4,6H,5,15H2,1H3,(H,17,18)(H,19,20). The quantitative estimate of drug-likeness (QED) is 0.482. The molecule has 23 heavy (non-hydrogen) atoms. The number of hydrogen-bond acceptors (Lipinski definition) is 8. The molecule has 10 heteroatoms. The number of carbonyl (C=O) groups is 1. The number of rotatable bonds is 7. The van der Waals surface area contributed by atoms with E-state index in [0.717, 1.165) is 4.47 Å². The Bertz CT molecular complexity index is 735. The van der Waals surface area contributed by atoms with E-state index in [9.17, 15) is 4.79 Å². The average molecular weight is 401 g/mol. The first-order valence-electron chi connectivity index (χ1n) is 6.22. The topological polar surface area (TPSA) is 119 Å². The van der Waals surface area contributed by atoms with Gasteiger partial charge in [-0.2, -0.15) is 5.10 Å². The Morgan fingerprint density at radius 3 is 3.00 bits per heavy atom. The summed E-state index contributed by atoms with van der Waals surface area (Å²) in [5.41, 5.74) is 8.79. The zero-order chi connectivity index (χ0) is 16.8. The van der Waals surface area contributed by atoms with E-state index in [-0.39, 0.29) is 5.75 Å². The van der Waals surface area contributed by atoms with Gasteiger partial charge in [0.2, 0.25) is 5.13 Å². The smallest absolute Gasteiger partial charge is 0.341 e. The van der Waals surface area contributed by atoms with Gasteiger partial charge in [-0.3, -0.25) is 5.43 Å². The van der Waals surface area contributed by atoms with Crippen molar-refractivity contribution in [3.8, 4) is 11.5 Å². The van der Waals surface area contributed by atoms with E-state index in [1.807, 2.05) is 0 Å². The van der Waals surface area contributed by atoms with Crippen LogP contribution >= 0.6 is 27.3 Å². The fourth-order valence-electron chi connectivity index (χ4n) is 1.62. The van der Waals surface area contributed by atoms with Gasteiger partial charge in [0.1, 0.15) is 5.82 Å². The van der Waals surface area contributed by atoms with Gasteiger partial charge in [0.15, 0.2) is 18.1 Å². The number of nitrogens with zero attached hydrogens (tertiary/aromatic N) is 2. The molecule has 2 rings (SSSR count). The van der Waals surface area contributed by atoms with Gasteiger partial charge in [-0.05, 0) is 12.1 Å². The lowest BCUT2D eigenvalue weighted by atomic mass is 10.2. The third-order valence-corrected chi connectivity index (χ3v) is 3.72. The molecular weight excluding hydrogens is 388 g/mol. The number of carboxylic acids is 1. The number of methoxy groups -OCH3 is 1. The summed E-state index contributed by atoms with van der Waals surface area (Å²) in [6.07, 6.45) is 1.47. The van der Waals surface area contributed by atoms with Crippen molar-refractivity contribution in [3.05, 3.63) is 27.5 Å². The lowest BCUT2D eigenvalue weighted by molar-refractivity contribution is -0.139. The molecule has 0 radical (unpaired) electrons. The highest BCUT2D eigenvalue weighted by Crippen LogP contribution is 2.34. The largest absolute Gasteiger partial charge is 0.493 e. The SMILES string of the molecule is COc1cc(Br)cc(C=NNc2nc(N)cs2)c1OCC(=O)O. The molecule has 0 bridgehead atoms. The minimum atomic E-state index is -1.09. The zero-order valence-corrected chi connectivity index (χ0v) is 14.3. The van der Waals surface area contributed by atoms with Crippen molar-refractivity contribution in [2.24, 2.45) is 5.10 Å². The number of nitrogens with two attached hydrogens (primary N) is 1. The summed E-state index contributed by atoms with van der Waals surface area (Å²) in [4.78, 5) is 14.7. The first kappa shape index (κ1) is 17.0. The lowest BCUT2D eigenvalue weighted by Gasteiger charge is -2.12. The summed E-state index contributed by atoms with van der Waals surface area (Å²) < 4.78 is 11.2. The fraction of sp³-hybridized carbons (Fsp3) is 0.154. The zero-order valence-electron chi connectivity index (χ0n) is 11.9. The van der Waals surface area contributed by atoms with E-state index >= 15 is 0 Å². The van der Waals surface area contributed by atoms with Gasteiger partial charge in [0, 0.05) is 15.4 Å². The highest BCUT2D eigenvalue weighted by molar-refractivity contribution is 9.10. The molecule has 0 aliphatic heterocycles. The normalized spacial score (nSPS) is 10.7. The van der Waals surface area contributed by atoms with E-state index in [1.54, 1.807) is 17.5 Å². The Labute approximate surface area is 144 Å². The van der Waals surface area contributed by atoms with Crippen molar-refractivity contribution in [2.45, 2.75) is 0 Å². The molecule has 2 aromatic rings. The summed E-state index contributed by atoms with van der Waals surface area (Å²) >= 11 is 4.66. The molecule has 0 unspecified atom stereocenters. The maximum Gasteiger partial charge on any atom is 0.341 e. The molecule has 0 spiro atoms. The van der Waals surface area contributed by atoms with Gasteiger partial charge < -0.3 is 20.3 Å². The Hall–Kier alpha value is -2.33. The maximum absolute atomic E-state index is 10.7. The second kappa shape index (κ2) is 7.79. The molecule has 8 nitrogen and oxygen atoms in total. The van der Waals surface area contributed by atoms with Crippen LogP contribution in [0.3, 0.4) is 0 Å². The van der Waals surface area contributed by atoms with Crippen LogP contribution in [0, 0.1) is 0 Å². The highest BCUT2D eigenvalue weighted by Gasteiger charge is 2.13. The lowest BCUT2D eigenvalue weighted by Crippen LogP contribution is -2.11. The van der Waals surface area contributed by atoms with Crippen LogP contribution in [0.5, 0.6) is 11.5 Å². The molecule has 1 heterocycles. The van der Waals surface area contributed by atoms with Gasteiger partial charge in [-0.1, -0.05) is 15.9 Å². The van der Waals surface area contributed by atoms with Gasteiger partial charge in [0.25, 0.3) is 0 Å². The number of halogens is 1. The molecular formula is C13H13BrN4O4S. The third-order valence-electron chi connectivity index (χ3n) is 2.49. The van der Waals surface area contributed by atoms with Crippen LogP contribution in [0.2, 0.25) is 0 Å². The molecule has 0 fully saturated rings. The van der Waals surface area contributed by atoms with E-state index in [0.29, 0.717) is 22.3 Å². The molecule has 122 valence electrons. The van der Waals surface area contributed by atoms with Crippen LogP contribution < -0.4 is 20.6 Å². The van der Waals surface area contributed by atoms with Crippen LogP contribution in [-0.4, -0.2) is 36.0 Å². The number of anilines is 2. The number of nitrogens with one attached hydrogen (secondary N) is 1. The van der Waals surface area contributed by atoms with E-state index in [4.69, 9.17) is 20.3 Å². The van der Waals surface area contributed by atoms with Crippen LogP contribution in [0.15, 0.2) is 27.1 Å². The van der Waals surface area contributed by atoms with Gasteiger partial charge in [-0.25, -0.2) is 9.78 Å². The first-order chi connectivity index (χ1) is 11.0. The molecule has 1 aromatic carbocycles. The number of ether oxygens (including phenoxy) is 2. The van der Waals surface area contributed by atoms with Crippen molar-refractivity contribution in [2.75, 3.05) is 24.9 Å². The second-order valence-electron chi connectivity index (χ2n) is 4.16. The molecule has 1 aromatic heterocycles.